The van der Waals surface area contributed by atoms with E-state index in [0.29, 0.717) is 11.6 Å². The van der Waals surface area contributed by atoms with E-state index in [1.807, 2.05) is 31.2 Å². The highest BCUT2D eigenvalue weighted by molar-refractivity contribution is 7.92. The number of anilines is 1. The van der Waals surface area contributed by atoms with E-state index in [1.54, 1.807) is 4.68 Å². The lowest BCUT2D eigenvalue weighted by molar-refractivity contribution is 0.600. The summed E-state index contributed by atoms with van der Waals surface area (Å²) in [6.07, 6.45) is 1.49. The Labute approximate surface area is 145 Å². The van der Waals surface area contributed by atoms with Crippen molar-refractivity contribution in [2.24, 2.45) is 0 Å². The number of rotatable bonds is 5. The van der Waals surface area contributed by atoms with Crippen molar-refractivity contribution in [1.29, 1.82) is 0 Å². The highest BCUT2D eigenvalue weighted by Crippen LogP contribution is 2.16. The summed E-state index contributed by atoms with van der Waals surface area (Å²) in [4.78, 5) is 4.10. The van der Waals surface area contributed by atoms with Crippen LogP contribution in [0.4, 0.5) is 5.95 Å². The fourth-order valence-electron chi connectivity index (χ4n) is 2.17. The molecule has 0 radical (unpaired) electrons. The molecule has 6 nitrogen and oxygen atoms in total. The Morgan fingerprint density at radius 1 is 1.12 bits per heavy atom. The average Bonchev–Trinajstić information content (AvgIpc) is 2.96. The Bertz CT molecular complexity index is 952. The van der Waals surface area contributed by atoms with E-state index in [4.69, 9.17) is 11.6 Å². The van der Waals surface area contributed by atoms with Crippen LogP contribution in [0, 0.1) is 6.92 Å². The van der Waals surface area contributed by atoms with E-state index in [2.05, 4.69) is 14.8 Å². The van der Waals surface area contributed by atoms with Crippen LogP contribution in [0.1, 0.15) is 11.1 Å². The molecule has 0 atom stereocenters. The van der Waals surface area contributed by atoms with Gasteiger partial charge in [0.2, 0.25) is 0 Å². The normalized spacial score (nSPS) is 11.4. The van der Waals surface area contributed by atoms with Gasteiger partial charge in [-0.05, 0) is 42.3 Å². The van der Waals surface area contributed by atoms with Crippen LogP contribution in [-0.2, 0) is 16.6 Å². The third-order valence-corrected chi connectivity index (χ3v) is 5.08. The first kappa shape index (κ1) is 16.5. The lowest BCUT2D eigenvalue weighted by Crippen LogP contribution is -2.14. The number of hydrogen-bond donors (Lipinski definition) is 1. The van der Waals surface area contributed by atoms with Crippen LogP contribution >= 0.6 is 11.6 Å². The molecule has 1 heterocycles. The molecule has 0 bridgehead atoms. The molecule has 0 fully saturated rings. The predicted octanol–water partition coefficient (Wildman–Crippen LogP) is 3.09. The van der Waals surface area contributed by atoms with Crippen molar-refractivity contribution in [2.75, 3.05) is 4.72 Å². The number of aryl methyl sites for hydroxylation is 1. The van der Waals surface area contributed by atoms with E-state index >= 15 is 0 Å². The molecule has 8 heteroatoms. The Morgan fingerprint density at radius 3 is 2.54 bits per heavy atom. The van der Waals surface area contributed by atoms with E-state index in [0.717, 1.165) is 11.1 Å². The summed E-state index contributed by atoms with van der Waals surface area (Å²) >= 11 is 5.77. The van der Waals surface area contributed by atoms with Gasteiger partial charge in [-0.1, -0.05) is 35.9 Å². The molecule has 124 valence electrons. The first-order chi connectivity index (χ1) is 11.4. The number of sulfonamides is 1. The van der Waals surface area contributed by atoms with Crippen LogP contribution in [0.5, 0.6) is 0 Å². The molecule has 1 N–H and O–H groups in total. The molecule has 0 amide bonds. The SMILES string of the molecule is Cc1ccccc1Cn1cnc(NS(=O)(=O)c2ccc(Cl)cc2)n1. The molecule has 24 heavy (non-hydrogen) atoms. The van der Waals surface area contributed by atoms with Crippen LogP contribution in [0.25, 0.3) is 0 Å². The molecule has 3 aromatic rings. The highest BCUT2D eigenvalue weighted by atomic mass is 35.5. The lowest BCUT2D eigenvalue weighted by atomic mass is 10.1. The van der Waals surface area contributed by atoms with Crippen molar-refractivity contribution in [3.8, 4) is 0 Å². The summed E-state index contributed by atoms with van der Waals surface area (Å²) in [5.74, 6) is 0.0264. The van der Waals surface area contributed by atoms with Gasteiger partial charge in [-0.3, -0.25) is 0 Å². The smallest absolute Gasteiger partial charge is 0.246 e. The number of nitrogens with one attached hydrogen (secondary N) is 1. The van der Waals surface area contributed by atoms with E-state index < -0.39 is 10.0 Å². The molecule has 0 saturated heterocycles. The molecule has 0 unspecified atom stereocenters. The van der Waals surface area contributed by atoms with E-state index in [-0.39, 0.29) is 10.8 Å². The fourth-order valence-corrected chi connectivity index (χ4v) is 3.24. The molecule has 0 saturated carbocycles. The molecule has 1 aromatic heterocycles. The van der Waals surface area contributed by atoms with Gasteiger partial charge >= 0.3 is 0 Å². The minimum atomic E-state index is -3.74. The van der Waals surface area contributed by atoms with Crippen molar-refractivity contribution in [3.05, 3.63) is 71.0 Å². The molecule has 3 rings (SSSR count). The summed E-state index contributed by atoms with van der Waals surface area (Å²) in [7, 11) is -3.74. The maximum absolute atomic E-state index is 12.3. The van der Waals surface area contributed by atoms with Gasteiger partial charge in [0, 0.05) is 5.02 Å². The topological polar surface area (TPSA) is 76.9 Å². The first-order valence-corrected chi connectivity index (χ1v) is 9.02. The van der Waals surface area contributed by atoms with Gasteiger partial charge in [-0.25, -0.2) is 17.8 Å². The van der Waals surface area contributed by atoms with Gasteiger partial charge in [-0.15, -0.1) is 5.10 Å². The Morgan fingerprint density at radius 2 is 1.83 bits per heavy atom. The molecule has 0 aliphatic carbocycles. The van der Waals surface area contributed by atoms with E-state index in [1.165, 1.54) is 30.6 Å². The Kier molecular flexibility index (Phi) is 4.55. The monoisotopic (exact) mass is 362 g/mol. The second-order valence-corrected chi connectivity index (χ2v) is 7.37. The average molecular weight is 363 g/mol. The number of nitrogens with zero attached hydrogens (tertiary/aromatic N) is 3. The highest BCUT2D eigenvalue weighted by Gasteiger charge is 2.16. The van der Waals surface area contributed by atoms with Crippen LogP contribution < -0.4 is 4.72 Å². The zero-order valence-corrected chi connectivity index (χ0v) is 14.4. The third-order valence-electron chi connectivity index (χ3n) is 3.48. The van der Waals surface area contributed by atoms with Gasteiger partial charge < -0.3 is 0 Å². The molecule has 0 aliphatic heterocycles. The summed E-state index contributed by atoms with van der Waals surface area (Å²) in [5, 5.41) is 4.63. The molecule has 0 aliphatic rings. The summed E-state index contributed by atoms with van der Waals surface area (Å²) in [6, 6.07) is 13.8. The molecular weight excluding hydrogens is 348 g/mol. The number of aromatic nitrogens is 3. The number of halogens is 1. The van der Waals surface area contributed by atoms with Gasteiger partial charge in [0.05, 0.1) is 11.4 Å². The minimum Gasteiger partial charge on any atom is -0.246 e. The molecule has 2 aromatic carbocycles. The van der Waals surface area contributed by atoms with Crippen LogP contribution in [0.3, 0.4) is 0 Å². The zero-order valence-electron chi connectivity index (χ0n) is 12.8. The third kappa shape index (κ3) is 3.74. The summed E-state index contributed by atoms with van der Waals surface area (Å²) in [6.45, 7) is 2.53. The van der Waals surface area contributed by atoms with Crippen molar-refractivity contribution < 1.29 is 8.42 Å². The van der Waals surface area contributed by atoms with Crippen molar-refractivity contribution in [1.82, 2.24) is 14.8 Å². The number of hydrogen-bond acceptors (Lipinski definition) is 4. The van der Waals surface area contributed by atoms with Crippen LogP contribution in [0.2, 0.25) is 5.02 Å². The maximum atomic E-state index is 12.3. The van der Waals surface area contributed by atoms with E-state index in [9.17, 15) is 8.42 Å². The summed E-state index contributed by atoms with van der Waals surface area (Å²) < 4.78 is 28.5. The van der Waals surface area contributed by atoms with Gasteiger partial charge in [0.25, 0.3) is 16.0 Å². The van der Waals surface area contributed by atoms with Crippen LogP contribution in [-0.4, -0.2) is 23.2 Å². The first-order valence-electron chi connectivity index (χ1n) is 7.16. The molecular formula is C16H15ClN4O2S. The van der Waals surface area contributed by atoms with Crippen molar-refractivity contribution >= 4 is 27.6 Å². The number of benzene rings is 2. The van der Waals surface area contributed by atoms with Gasteiger partial charge in [0.1, 0.15) is 6.33 Å². The van der Waals surface area contributed by atoms with Crippen molar-refractivity contribution in [3.63, 3.8) is 0 Å². The zero-order chi connectivity index (χ0) is 17.2. The minimum absolute atomic E-state index is 0.0264. The largest absolute Gasteiger partial charge is 0.264 e. The maximum Gasteiger partial charge on any atom is 0.264 e. The fraction of sp³-hybridized carbons (Fsp3) is 0.125. The second kappa shape index (κ2) is 6.62. The summed E-state index contributed by atoms with van der Waals surface area (Å²) in [5.41, 5.74) is 2.23. The van der Waals surface area contributed by atoms with Gasteiger partial charge in [-0.2, -0.15) is 4.98 Å². The Hall–Kier alpha value is -2.38. The lowest BCUT2D eigenvalue weighted by Gasteiger charge is -2.05. The molecule has 0 spiro atoms. The van der Waals surface area contributed by atoms with Crippen LogP contribution in [0.15, 0.2) is 59.8 Å². The Balaban J connectivity index is 1.76. The second-order valence-electron chi connectivity index (χ2n) is 5.25. The van der Waals surface area contributed by atoms with Gasteiger partial charge in [0.15, 0.2) is 0 Å². The van der Waals surface area contributed by atoms with Crippen molar-refractivity contribution in [2.45, 2.75) is 18.4 Å². The quantitative estimate of drug-likeness (QED) is 0.756. The predicted molar refractivity (Wildman–Crippen MR) is 92.6 cm³/mol. The standard InChI is InChI=1S/C16H15ClN4O2S/c1-12-4-2-3-5-13(12)10-21-11-18-16(19-21)20-24(22,23)15-8-6-14(17)7-9-15/h2-9,11H,10H2,1H3,(H,19,20).